The van der Waals surface area contributed by atoms with Crippen LogP contribution >= 0.6 is 0 Å². The molecule has 0 bridgehead atoms. The van der Waals surface area contributed by atoms with Crippen LogP contribution in [0.25, 0.3) is 0 Å². The summed E-state index contributed by atoms with van der Waals surface area (Å²) >= 11 is 0. The molecule has 1 aliphatic carbocycles. The van der Waals surface area contributed by atoms with Gasteiger partial charge in [-0.1, -0.05) is 44.5 Å². The summed E-state index contributed by atoms with van der Waals surface area (Å²) in [6.45, 7) is 8.59. The van der Waals surface area contributed by atoms with Crippen LogP contribution in [-0.2, 0) is 22.4 Å². The Labute approximate surface area is 109 Å². The summed E-state index contributed by atoms with van der Waals surface area (Å²) in [5, 5.41) is 0. The fourth-order valence-corrected chi connectivity index (χ4v) is 2.59. The van der Waals surface area contributed by atoms with Gasteiger partial charge in [-0.05, 0) is 30.9 Å². The molecule has 0 radical (unpaired) electrons. The lowest BCUT2D eigenvalue weighted by atomic mass is 9.88. The van der Waals surface area contributed by atoms with Crippen LogP contribution in [0, 0.1) is 18.3 Å². The van der Waals surface area contributed by atoms with Crippen LogP contribution in [0.15, 0.2) is 18.2 Å². The maximum Gasteiger partial charge on any atom is 0.308 e. The number of fused-ring (bicyclic) bond motifs is 1. The smallest absolute Gasteiger partial charge is 0.308 e. The van der Waals surface area contributed by atoms with Gasteiger partial charge in [0.15, 0.2) is 0 Å². The van der Waals surface area contributed by atoms with Crippen LogP contribution in [0.2, 0.25) is 0 Å². The Balaban J connectivity index is 2.02. The van der Waals surface area contributed by atoms with Crippen molar-refractivity contribution < 1.29 is 9.53 Å². The van der Waals surface area contributed by atoms with E-state index in [-0.39, 0.29) is 17.3 Å². The second-order valence-corrected chi connectivity index (χ2v) is 6.20. The number of aryl methyl sites for hydroxylation is 1. The van der Waals surface area contributed by atoms with Gasteiger partial charge in [0, 0.05) is 5.41 Å². The third kappa shape index (κ3) is 2.74. The van der Waals surface area contributed by atoms with E-state index in [1.807, 2.05) is 13.8 Å². The molecular weight excluding hydrogens is 224 g/mol. The maximum absolute atomic E-state index is 11.5. The van der Waals surface area contributed by atoms with Crippen molar-refractivity contribution in [1.82, 2.24) is 0 Å². The minimum Gasteiger partial charge on any atom is -0.465 e. The lowest BCUT2D eigenvalue weighted by Gasteiger charge is -2.23. The van der Waals surface area contributed by atoms with Crippen molar-refractivity contribution in [3.8, 4) is 0 Å². The normalized spacial score (nSPS) is 22.1. The second kappa shape index (κ2) is 4.75. The largest absolute Gasteiger partial charge is 0.465 e. The zero-order valence-corrected chi connectivity index (χ0v) is 11.7. The molecule has 18 heavy (non-hydrogen) atoms. The van der Waals surface area contributed by atoms with E-state index in [0.29, 0.717) is 6.61 Å². The van der Waals surface area contributed by atoms with Crippen molar-refractivity contribution in [2.45, 2.75) is 40.5 Å². The number of rotatable bonds is 3. The summed E-state index contributed by atoms with van der Waals surface area (Å²) < 4.78 is 5.41. The van der Waals surface area contributed by atoms with E-state index in [1.165, 1.54) is 16.7 Å². The van der Waals surface area contributed by atoms with Crippen LogP contribution in [0.3, 0.4) is 0 Å². The summed E-state index contributed by atoms with van der Waals surface area (Å²) in [6.07, 6.45) is 2.02. The fraction of sp³-hybridized carbons (Fsp3) is 0.562. The third-order valence-electron chi connectivity index (χ3n) is 3.63. The van der Waals surface area contributed by atoms with Crippen molar-refractivity contribution in [1.29, 1.82) is 0 Å². The minimum absolute atomic E-state index is 0.0420. The molecule has 2 nitrogen and oxygen atoms in total. The molecule has 0 N–H and O–H groups in total. The average Bonchev–Trinajstić information content (AvgIpc) is 2.62. The van der Waals surface area contributed by atoms with Crippen LogP contribution in [0.5, 0.6) is 0 Å². The van der Waals surface area contributed by atoms with E-state index >= 15 is 0 Å². The van der Waals surface area contributed by atoms with E-state index < -0.39 is 0 Å². The van der Waals surface area contributed by atoms with Crippen molar-refractivity contribution >= 4 is 5.97 Å². The Bertz CT molecular complexity index is 462. The highest BCUT2D eigenvalue weighted by Crippen LogP contribution is 2.37. The predicted molar refractivity (Wildman–Crippen MR) is 72.5 cm³/mol. The molecule has 1 aromatic carbocycles. The van der Waals surface area contributed by atoms with Crippen LogP contribution in [0.4, 0.5) is 0 Å². The van der Waals surface area contributed by atoms with Gasteiger partial charge < -0.3 is 4.74 Å². The zero-order chi connectivity index (χ0) is 13.3. The minimum atomic E-state index is -0.0941. The van der Waals surface area contributed by atoms with E-state index in [2.05, 4.69) is 32.0 Å². The summed E-state index contributed by atoms with van der Waals surface area (Å²) in [7, 11) is 0. The number of carbonyl (C=O) groups excluding carboxylic acids is 1. The van der Waals surface area contributed by atoms with E-state index in [4.69, 9.17) is 4.74 Å². The molecule has 0 fully saturated rings. The highest BCUT2D eigenvalue weighted by molar-refractivity contribution is 5.71. The quantitative estimate of drug-likeness (QED) is 0.765. The van der Waals surface area contributed by atoms with Gasteiger partial charge in [-0.25, -0.2) is 0 Å². The van der Waals surface area contributed by atoms with Gasteiger partial charge >= 0.3 is 5.97 Å². The van der Waals surface area contributed by atoms with Gasteiger partial charge in [-0.3, -0.25) is 4.79 Å². The molecule has 0 spiro atoms. The summed E-state index contributed by atoms with van der Waals surface area (Å²) in [5.74, 6) is -0.136. The number of ether oxygens (including phenoxy) is 1. The number of esters is 1. The van der Waals surface area contributed by atoms with Crippen LogP contribution < -0.4 is 0 Å². The first-order valence-corrected chi connectivity index (χ1v) is 6.65. The lowest BCUT2D eigenvalue weighted by Crippen LogP contribution is -2.27. The topological polar surface area (TPSA) is 26.3 Å². The van der Waals surface area contributed by atoms with Crippen molar-refractivity contribution in [3.05, 3.63) is 34.9 Å². The molecule has 0 saturated heterocycles. The monoisotopic (exact) mass is 246 g/mol. The van der Waals surface area contributed by atoms with Gasteiger partial charge in [0.05, 0.1) is 12.5 Å². The van der Waals surface area contributed by atoms with Gasteiger partial charge in [0.2, 0.25) is 0 Å². The average molecular weight is 246 g/mol. The first kappa shape index (κ1) is 13.1. The molecule has 2 rings (SSSR count). The third-order valence-corrected chi connectivity index (χ3v) is 3.63. The van der Waals surface area contributed by atoms with Gasteiger partial charge in [0.1, 0.15) is 0 Å². The number of benzene rings is 1. The molecular formula is C16H22O2. The maximum atomic E-state index is 11.5. The Morgan fingerprint density at radius 3 is 2.67 bits per heavy atom. The van der Waals surface area contributed by atoms with Gasteiger partial charge in [-0.15, -0.1) is 0 Å². The molecule has 1 unspecified atom stereocenters. The first-order chi connectivity index (χ1) is 8.39. The molecule has 0 heterocycles. The molecule has 1 aromatic rings. The fourth-order valence-electron chi connectivity index (χ4n) is 2.59. The summed E-state index contributed by atoms with van der Waals surface area (Å²) in [6, 6.07) is 6.62. The number of hydrogen-bond donors (Lipinski definition) is 0. The molecule has 98 valence electrons. The SMILES string of the molecule is Cc1ccc2c(c1)CC(C)(COC(=O)C(C)C)C2. The molecule has 2 heteroatoms. The van der Waals surface area contributed by atoms with Gasteiger partial charge in [-0.2, -0.15) is 0 Å². The lowest BCUT2D eigenvalue weighted by molar-refractivity contribution is -0.150. The van der Waals surface area contributed by atoms with Crippen molar-refractivity contribution in [3.63, 3.8) is 0 Å². The molecule has 1 aliphatic rings. The molecule has 0 aliphatic heterocycles. The summed E-state index contributed by atoms with van der Waals surface area (Å²) in [5.41, 5.74) is 4.19. The highest BCUT2D eigenvalue weighted by Gasteiger charge is 2.34. The van der Waals surface area contributed by atoms with Crippen molar-refractivity contribution in [2.24, 2.45) is 11.3 Å². The van der Waals surface area contributed by atoms with Gasteiger partial charge in [0.25, 0.3) is 0 Å². The Kier molecular flexibility index (Phi) is 3.47. The molecule has 0 saturated carbocycles. The standard InChI is InChI=1S/C16H22O2/c1-11(2)15(17)18-10-16(4)8-13-6-5-12(3)7-14(13)9-16/h5-7,11H,8-10H2,1-4H3. The van der Waals surface area contributed by atoms with Crippen LogP contribution in [0.1, 0.15) is 37.5 Å². The van der Waals surface area contributed by atoms with E-state index in [0.717, 1.165) is 12.8 Å². The Hall–Kier alpha value is -1.31. The molecule has 0 aromatic heterocycles. The number of hydrogen-bond acceptors (Lipinski definition) is 2. The summed E-state index contributed by atoms with van der Waals surface area (Å²) in [4.78, 5) is 11.5. The zero-order valence-electron chi connectivity index (χ0n) is 11.7. The Morgan fingerprint density at radius 2 is 2.00 bits per heavy atom. The second-order valence-electron chi connectivity index (χ2n) is 6.20. The highest BCUT2D eigenvalue weighted by atomic mass is 16.5. The molecule has 1 atom stereocenters. The van der Waals surface area contributed by atoms with E-state index in [9.17, 15) is 4.79 Å². The molecule has 0 amide bonds. The predicted octanol–water partition coefficient (Wildman–Crippen LogP) is 3.30. The Morgan fingerprint density at radius 1 is 1.33 bits per heavy atom. The first-order valence-electron chi connectivity index (χ1n) is 6.65. The van der Waals surface area contributed by atoms with E-state index in [1.54, 1.807) is 0 Å². The van der Waals surface area contributed by atoms with Crippen LogP contribution in [-0.4, -0.2) is 12.6 Å². The van der Waals surface area contributed by atoms with Crippen molar-refractivity contribution in [2.75, 3.05) is 6.61 Å². The number of carbonyl (C=O) groups is 1.